The lowest BCUT2D eigenvalue weighted by molar-refractivity contribution is 0.0386. The molecular weight excluding hydrogens is 404 g/mol. The van der Waals surface area contributed by atoms with Gasteiger partial charge >= 0.3 is 0 Å². The molecule has 0 amide bonds. The van der Waals surface area contributed by atoms with Crippen LogP contribution >= 0.6 is 0 Å². The topological polar surface area (TPSA) is 107 Å². The monoisotopic (exact) mass is 436 g/mol. The van der Waals surface area contributed by atoms with Crippen molar-refractivity contribution in [2.75, 3.05) is 20.1 Å². The lowest BCUT2D eigenvalue weighted by Crippen LogP contribution is -2.44. The van der Waals surface area contributed by atoms with Crippen LogP contribution in [-0.4, -0.2) is 50.0 Å². The molecule has 0 aliphatic carbocycles. The predicted molar refractivity (Wildman–Crippen MR) is 118 cm³/mol. The highest BCUT2D eigenvalue weighted by molar-refractivity contribution is 7.89. The molecule has 8 nitrogen and oxygen atoms in total. The molecule has 0 aliphatic rings. The number of benzene rings is 1. The van der Waals surface area contributed by atoms with E-state index >= 15 is 0 Å². The van der Waals surface area contributed by atoms with E-state index in [4.69, 9.17) is 4.42 Å². The minimum atomic E-state index is -3.51. The van der Waals surface area contributed by atoms with Crippen LogP contribution in [0.25, 0.3) is 0 Å². The Morgan fingerprint density at radius 3 is 2.43 bits per heavy atom. The minimum Gasteiger partial charge on any atom is -0.466 e. The maximum absolute atomic E-state index is 12.6. The van der Waals surface area contributed by atoms with Crippen LogP contribution in [0, 0.1) is 0 Å². The van der Waals surface area contributed by atoms with Crippen molar-refractivity contribution in [1.29, 1.82) is 0 Å². The highest BCUT2D eigenvalue weighted by Gasteiger charge is 2.26. The van der Waals surface area contributed by atoms with E-state index in [1.54, 1.807) is 50.4 Å². The average Bonchev–Trinajstić information content (AvgIpc) is 3.25. The van der Waals surface area contributed by atoms with Gasteiger partial charge in [0.05, 0.1) is 24.2 Å². The average molecular weight is 437 g/mol. The van der Waals surface area contributed by atoms with Crippen molar-refractivity contribution in [3.63, 3.8) is 0 Å². The number of hydrogen-bond acceptors (Lipinski definition) is 5. The number of sulfonamides is 1. The van der Waals surface area contributed by atoms with Crippen LogP contribution < -0.4 is 10.6 Å². The maximum Gasteiger partial charge on any atom is 0.243 e. The predicted octanol–water partition coefficient (Wildman–Crippen LogP) is 2.27. The summed E-state index contributed by atoms with van der Waals surface area (Å²) in [5.41, 5.74) is -0.311. The van der Waals surface area contributed by atoms with E-state index in [0.717, 1.165) is 5.56 Å². The van der Waals surface area contributed by atoms with E-state index in [-0.39, 0.29) is 17.5 Å². The molecule has 0 fully saturated rings. The van der Waals surface area contributed by atoms with Crippen LogP contribution in [0.4, 0.5) is 0 Å². The molecule has 1 unspecified atom stereocenters. The second kappa shape index (κ2) is 10.1. The van der Waals surface area contributed by atoms with Gasteiger partial charge in [-0.2, -0.15) is 4.31 Å². The van der Waals surface area contributed by atoms with Gasteiger partial charge in [-0.15, -0.1) is 0 Å². The summed E-state index contributed by atoms with van der Waals surface area (Å²) in [7, 11) is -1.93. The van der Waals surface area contributed by atoms with E-state index in [1.807, 2.05) is 20.8 Å². The highest BCUT2D eigenvalue weighted by Crippen LogP contribution is 2.20. The zero-order chi connectivity index (χ0) is 22.4. The Morgan fingerprint density at radius 2 is 1.90 bits per heavy atom. The number of hydrogen-bond donors (Lipinski definition) is 3. The van der Waals surface area contributed by atoms with Crippen molar-refractivity contribution in [2.24, 2.45) is 4.99 Å². The van der Waals surface area contributed by atoms with Gasteiger partial charge in [-0.05, 0) is 57.5 Å². The molecule has 3 N–H and O–H groups in total. The number of aliphatic imine (C=N–C) groups is 1. The number of furan rings is 1. The highest BCUT2D eigenvalue weighted by atomic mass is 32.2. The Bertz CT molecular complexity index is 920. The second-order valence-electron chi connectivity index (χ2n) is 7.56. The summed E-state index contributed by atoms with van der Waals surface area (Å²) in [6.07, 6.45) is 1.52. The Labute approximate surface area is 179 Å². The van der Waals surface area contributed by atoms with Crippen molar-refractivity contribution < 1.29 is 17.9 Å². The molecule has 30 heavy (non-hydrogen) atoms. The minimum absolute atomic E-state index is 0.119. The summed E-state index contributed by atoms with van der Waals surface area (Å²) in [6, 6.07) is 10.0. The standard InChI is InChI=1S/C21H32N4O4S/c1-6-22-20(24-15-21(4,26)19-8-7-13-29-19)23-14-17-9-11-18(12-10-17)30(27,28)25(5)16(2)3/h7-13,16,26H,6,14-15H2,1-5H3,(H2,22,23,24). The van der Waals surface area contributed by atoms with Gasteiger partial charge in [-0.25, -0.2) is 13.4 Å². The molecule has 9 heteroatoms. The molecule has 0 spiro atoms. The fourth-order valence-corrected chi connectivity index (χ4v) is 4.02. The maximum atomic E-state index is 12.6. The molecule has 0 radical (unpaired) electrons. The number of rotatable bonds is 9. The lowest BCUT2D eigenvalue weighted by atomic mass is 10.0. The zero-order valence-corrected chi connectivity index (χ0v) is 19.0. The fourth-order valence-electron chi connectivity index (χ4n) is 2.65. The van der Waals surface area contributed by atoms with Crippen LogP contribution in [0.15, 0.2) is 57.0 Å². The molecule has 2 rings (SSSR count). The van der Waals surface area contributed by atoms with Crippen molar-refractivity contribution in [3.05, 3.63) is 54.0 Å². The van der Waals surface area contributed by atoms with Crippen molar-refractivity contribution in [1.82, 2.24) is 14.9 Å². The van der Waals surface area contributed by atoms with Crippen LogP contribution in [0.3, 0.4) is 0 Å². The lowest BCUT2D eigenvalue weighted by Gasteiger charge is -2.22. The Balaban J connectivity index is 2.06. The van der Waals surface area contributed by atoms with Crippen LogP contribution in [0.2, 0.25) is 0 Å². The summed E-state index contributed by atoms with van der Waals surface area (Å²) >= 11 is 0. The van der Waals surface area contributed by atoms with Crippen molar-refractivity contribution in [3.8, 4) is 0 Å². The molecule has 166 valence electrons. The molecule has 2 aromatic rings. The molecule has 0 aliphatic heterocycles. The fraction of sp³-hybridized carbons (Fsp3) is 0.476. The Morgan fingerprint density at radius 1 is 1.23 bits per heavy atom. The SMILES string of the molecule is CCNC(=NCc1ccc(S(=O)(=O)N(C)C(C)C)cc1)NCC(C)(O)c1ccco1. The van der Waals surface area contributed by atoms with Crippen LogP contribution in [0.1, 0.15) is 39.0 Å². The molecule has 1 aromatic heterocycles. The first-order valence-corrected chi connectivity index (χ1v) is 11.4. The van der Waals surface area contributed by atoms with Gasteiger partial charge in [-0.1, -0.05) is 12.1 Å². The largest absolute Gasteiger partial charge is 0.466 e. The van der Waals surface area contributed by atoms with Gasteiger partial charge in [0.25, 0.3) is 0 Å². The number of aliphatic hydroxyl groups is 1. The van der Waals surface area contributed by atoms with Crippen molar-refractivity contribution >= 4 is 16.0 Å². The molecule has 0 saturated heterocycles. The van der Waals surface area contributed by atoms with E-state index in [2.05, 4.69) is 15.6 Å². The second-order valence-corrected chi connectivity index (χ2v) is 9.56. The molecule has 1 atom stereocenters. The van der Waals surface area contributed by atoms with Gasteiger partial charge in [0.2, 0.25) is 10.0 Å². The summed E-state index contributed by atoms with van der Waals surface area (Å²) in [5.74, 6) is 1.01. The third-order valence-electron chi connectivity index (χ3n) is 4.74. The summed E-state index contributed by atoms with van der Waals surface area (Å²) in [4.78, 5) is 4.77. The first-order chi connectivity index (χ1) is 14.1. The molecule has 0 saturated carbocycles. The molecular formula is C21H32N4O4S. The van der Waals surface area contributed by atoms with E-state index in [1.165, 1.54) is 10.6 Å². The van der Waals surface area contributed by atoms with Gasteiger partial charge in [-0.3, -0.25) is 0 Å². The number of guanidine groups is 1. The first-order valence-electron chi connectivity index (χ1n) is 9.93. The normalized spacial score (nSPS) is 14.7. The third-order valence-corrected chi connectivity index (χ3v) is 6.79. The van der Waals surface area contributed by atoms with E-state index in [0.29, 0.717) is 24.8 Å². The summed E-state index contributed by atoms with van der Waals surface area (Å²) in [5, 5.41) is 16.8. The van der Waals surface area contributed by atoms with Crippen LogP contribution in [0.5, 0.6) is 0 Å². The van der Waals surface area contributed by atoms with E-state index in [9.17, 15) is 13.5 Å². The summed E-state index contributed by atoms with van der Waals surface area (Å²) < 4.78 is 31.8. The molecule has 0 bridgehead atoms. The quantitative estimate of drug-likeness (QED) is 0.411. The van der Waals surface area contributed by atoms with Crippen molar-refractivity contribution in [2.45, 2.75) is 50.8 Å². The van der Waals surface area contributed by atoms with Crippen LogP contribution in [-0.2, 0) is 22.2 Å². The Kier molecular flexibility index (Phi) is 8.05. The summed E-state index contributed by atoms with van der Waals surface area (Å²) in [6.45, 7) is 8.51. The van der Waals surface area contributed by atoms with Gasteiger partial charge in [0, 0.05) is 19.6 Å². The third kappa shape index (κ3) is 6.07. The number of nitrogens with zero attached hydrogens (tertiary/aromatic N) is 2. The van der Waals surface area contributed by atoms with Gasteiger partial charge in [0.15, 0.2) is 5.96 Å². The molecule has 1 heterocycles. The van der Waals surface area contributed by atoms with E-state index < -0.39 is 15.6 Å². The smallest absolute Gasteiger partial charge is 0.243 e. The Hall–Kier alpha value is -2.36. The first kappa shape index (κ1) is 23.9. The molecule has 1 aromatic carbocycles. The zero-order valence-electron chi connectivity index (χ0n) is 18.2. The van der Waals surface area contributed by atoms with Gasteiger partial charge < -0.3 is 20.2 Å². The van der Waals surface area contributed by atoms with Gasteiger partial charge in [0.1, 0.15) is 11.4 Å². The number of nitrogens with one attached hydrogen (secondary N) is 2.